The summed E-state index contributed by atoms with van der Waals surface area (Å²) in [5, 5.41) is 2.05. The van der Waals surface area contributed by atoms with E-state index in [-0.39, 0.29) is 5.97 Å². The SMILES string of the molecule is CCOC(=O)c1cc(-c2ccccc2)c2ccc3nccc3c2[nH]1. The monoisotopic (exact) mass is 316 g/mol. The number of nitrogens with zero attached hydrogens (tertiary/aromatic N) is 1. The van der Waals surface area contributed by atoms with Crippen molar-refractivity contribution in [3.05, 3.63) is 66.5 Å². The number of hydrogen-bond donors (Lipinski definition) is 1. The summed E-state index contributed by atoms with van der Waals surface area (Å²) in [7, 11) is 0. The van der Waals surface area contributed by atoms with Crippen molar-refractivity contribution in [2.75, 3.05) is 6.61 Å². The Labute approximate surface area is 139 Å². The van der Waals surface area contributed by atoms with Gasteiger partial charge in [-0.15, -0.1) is 0 Å². The Balaban J connectivity index is 2.07. The zero-order valence-corrected chi connectivity index (χ0v) is 13.2. The molecule has 0 aliphatic heterocycles. The van der Waals surface area contributed by atoms with Crippen LogP contribution in [0, 0.1) is 0 Å². The van der Waals surface area contributed by atoms with E-state index in [0.29, 0.717) is 12.3 Å². The molecule has 2 aromatic carbocycles. The maximum atomic E-state index is 12.3. The number of esters is 1. The molecule has 4 nitrogen and oxygen atoms in total. The number of H-pyrrole nitrogens is 1. The third-order valence-electron chi connectivity index (χ3n) is 4.10. The molecule has 4 aromatic rings. The average molecular weight is 316 g/mol. The maximum Gasteiger partial charge on any atom is 0.354 e. The lowest BCUT2D eigenvalue weighted by Gasteiger charge is -2.11. The fourth-order valence-electron chi connectivity index (χ4n) is 3.01. The van der Waals surface area contributed by atoms with Crippen molar-refractivity contribution in [3.63, 3.8) is 0 Å². The lowest BCUT2D eigenvalue weighted by Crippen LogP contribution is -2.07. The first kappa shape index (κ1) is 14.5. The number of carbonyl (C=O) groups is 1. The Hall–Kier alpha value is -3.14. The molecular formula is C20H16N2O2. The molecule has 0 aliphatic carbocycles. The van der Waals surface area contributed by atoms with Crippen LogP contribution < -0.4 is 0 Å². The standard InChI is InChI=1S/C20H16N2O2/c1-2-24-20(23)18-12-16(13-6-4-3-5-7-13)14-8-9-17-15(10-11-21-17)19(14)22-18/h3-12,22H,2H2,1H3. The number of ether oxygens (including phenoxy) is 1. The van der Waals surface area contributed by atoms with Crippen LogP contribution in [-0.2, 0) is 4.74 Å². The third-order valence-corrected chi connectivity index (χ3v) is 4.10. The van der Waals surface area contributed by atoms with Crippen molar-refractivity contribution >= 4 is 27.8 Å². The number of nitrogens with one attached hydrogen (secondary N) is 1. The van der Waals surface area contributed by atoms with E-state index in [0.717, 1.165) is 32.9 Å². The fourth-order valence-corrected chi connectivity index (χ4v) is 3.01. The van der Waals surface area contributed by atoms with E-state index in [4.69, 9.17) is 4.74 Å². The molecule has 0 saturated heterocycles. The molecule has 2 heterocycles. The van der Waals surface area contributed by atoms with Gasteiger partial charge in [0.2, 0.25) is 0 Å². The number of pyridine rings is 1. The van der Waals surface area contributed by atoms with Crippen LogP contribution in [0.1, 0.15) is 17.4 Å². The lowest BCUT2D eigenvalue weighted by molar-refractivity contribution is 0.0520. The van der Waals surface area contributed by atoms with E-state index in [1.807, 2.05) is 54.6 Å². The molecule has 0 fully saturated rings. The van der Waals surface area contributed by atoms with Crippen LogP contribution in [0.5, 0.6) is 0 Å². The topological polar surface area (TPSA) is 55.0 Å². The van der Waals surface area contributed by atoms with Gasteiger partial charge in [-0.25, -0.2) is 4.79 Å². The number of hydrogen-bond acceptors (Lipinski definition) is 3. The Kier molecular flexibility index (Phi) is 3.50. The summed E-state index contributed by atoms with van der Waals surface area (Å²) in [6.45, 7) is 2.14. The molecule has 0 bridgehead atoms. The number of aromatic amines is 1. The predicted octanol–water partition coefficient (Wildman–Crippen LogP) is 4.56. The second-order valence-corrected chi connectivity index (χ2v) is 5.55. The normalized spacial score (nSPS) is 11.0. The quantitative estimate of drug-likeness (QED) is 0.564. The summed E-state index contributed by atoms with van der Waals surface area (Å²) in [5.41, 5.74) is 4.29. The molecule has 0 spiro atoms. The summed E-state index contributed by atoms with van der Waals surface area (Å²) in [6, 6.07) is 17.9. The van der Waals surface area contributed by atoms with Gasteiger partial charge in [0.25, 0.3) is 0 Å². The number of rotatable bonds is 3. The molecule has 0 saturated carbocycles. The minimum Gasteiger partial charge on any atom is -0.461 e. The van der Waals surface area contributed by atoms with Gasteiger partial charge in [-0.1, -0.05) is 36.4 Å². The lowest BCUT2D eigenvalue weighted by atomic mass is 9.99. The largest absolute Gasteiger partial charge is 0.461 e. The Morgan fingerprint density at radius 2 is 1.92 bits per heavy atom. The van der Waals surface area contributed by atoms with E-state index in [1.54, 1.807) is 13.1 Å². The van der Waals surface area contributed by atoms with Crippen molar-refractivity contribution in [1.82, 2.24) is 9.97 Å². The molecule has 24 heavy (non-hydrogen) atoms. The van der Waals surface area contributed by atoms with Crippen LogP contribution in [0.2, 0.25) is 0 Å². The maximum absolute atomic E-state index is 12.3. The number of benzene rings is 2. The van der Waals surface area contributed by atoms with Gasteiger partial charge in [-0.3, -0.25) is 4.98 Å². The van der Waals surface area contributed by atoms with Gasteiger partial charge in [-0.2, -0.15) is 0 Å². The van der Waals surface area contributed by atoms with Crippen LogP contribution in [0.4, 0.5) is 0 Å². The molecule has 1 N–H and O–H groups in total. The summed E-state index contributed by atoms with van der Waals surface area (Å²) in [6.07, 6.45) is 1.77. The van der Waals surface area contributed by atoms with E-state index in [1.165, 1.54) is 0 Å². The molecule has 0 amide bonds. The van der Waals surface area contributed by atoms with Crippen molar-refractivity contribution in [3.8, 4) is 11.1 Å². The van der Waals surface area contributed by atoms with Crippen molar-refractivity contribution in [1.29, 1.82) is 0 Å². The number of carbonyl (C=O) groups excluding carboxylic acids is 1. The van der Waals surface area contributed by atoms with Gasteiger partial charge in [0, 0.05) is 17.0 Å². The number of aromatic nitrogens is 2. The minimum atomic E-state index is -0.354. The van der Waals surface area contributed by atoms with Gasteiger partial charge in [0.15, 0.2) is 0 Å². The first-order valence-corrected chi connectivity index (χ1v) is 7.91. The van der Waals surface area contributed by atoms with Crippen LogP contribution in [0.15, 0.2) is 60.8 Å². The van der Waals surface area contributed by atoms with Crippen LogP contribution >= 0.6 is 0 Å². The van der Waals surface area contributed by atoms with Crippen molar-refractivity contribution in [2.45, 2.75) is 6.92 Å². The van der Waals surface area contributed by atoms with Gasteiger partial charge in [0.1, 0.15) is 5.69 Å². The highest BCUT2D eigenvalue weighted by Crippen LogP contribution is 2.32. The minimum absolute atomic E-state index is 0.341. The van der Waals surface area contributed by atoms with E-state index < -0.39 is 0 Å². The highest BCUT2D eigenvalue weighted by Gasteiger charge is 2.14. The molecule has 0 atom stereocenters. The molecule has 0 aliphatic rings. The summed E-state index contributed by atoms with van der Waals surface area (Å²) in [4.78, 5) is 19.9. The first-order chi connectivity index (χ1) is 11.8. The molecular weight excluding hydrogens is 300 g/mol. The smallest absolute Gasteiger partial charge is 0.354 e. The van der Waals surface area contributed by atoms with Gasteiger partial charge in [-0.05, 0) is 36.2 Å². The zero-order chi connectivity index (χ0) is 16.5. The fraction of sp³-hybridized carbons (Fsp3) is 0.100. The first-order valence-electron chi connectivity index (χ1n) is 7.91. The third kappa shape index (κ3) is 2.33. The van der Waals surface area contributed by atoms with Crippen LogP contribution in [-0.4, -0.2) is 22.5 Å². The average Bonchev–Trinajstić information content (AvgIpc) is 3.11. The predicted molar refractivity (Wildman–Crippen MR) is 95.0 cm³/mol. The Bertz CT molecular complexity index is 1040. The van der Waals surface area contributed by atoms with Crippen LogP contribution in [0.25, 0.3) is 32.9 Å². The van der Waals surface area contributed by atoms with Crippen LogP contribution in [0.3, 0.4) is 0 Å². The van der Waals surface area contributed by atoms with Gasteiger partial charge in [0.05, 0.1) is 17.6 Å². The molecule has 0 radical (unpaired) electrons. The van der Waals surface area contributed by atoms with E-state index in [2.05, 4.69) is 9.97 Å². The van der Waals surface area contributed by atoms with Gasteiger partial charge >= 0.3 is 5.97 Å². The number of fused-ring (bicyclic) bond motifs is 3. The van der Waals surface area contributed by atoms with E-state index >= 15 is 0 Å². The second kappa shape index (κ2) is 5.81. The Morgan fingerprint density at radius 1 is 1.08 bits per heavy atom. The van der Waals surface area contributed by atoms with Crippen molar-refractivity contribution in [2.24, 2.45) is 0 Å². The summed E-state index contributed by atoms with van der Waals surface area (Å²) >= 11 is 0. The summed E-state index contributed by atoms with van der Waals surface area (Å²) in [5.74, 6) is -0.354. The zero-order valence-electron chi connectivity index (χ0n) is 13.2. The summed E-state index contributed by atoms with van der Waals surface area (Å²) < 4.78 is 5.18. The molecule has 2 aromatic heterocycles. The second-order valence-electron chi connectivity index (χ2n) is 5.55. The van der Waals surface area contributed by atoms with Crippen molar-refractivity contribution < 1.29 is 9.53 Å². The molecule has 0 unspecified atom stereocenters. The van der Waals surface area contributed by atoms with Gasteiger partial charge < -0.3 is 9.72 Å². The molecule has 4 heteroatoms. The Morgan fingerprint density at radius 3 is 2.71 bits per heavy atom. The highest BCUT2D eigenvalue weighted by atomic mass is 16.5. The molecule has 4 rings (SSSR count). The molecule has 118 valence electrons. The van der Waals surface area contributed by atoms with E-state index in [9.17, 15) is 4.79 Å². The highest BCUT2D eigenvalue weighted by molar-refractivity contribution is 6.10.